The minimum Gasteiger partial charge on any atom is -0.496 e. The first-order chi connectivity index (χ1) is 10.2. The number of anilines is 1. The lowest BCUT2D eigenvalue weighted by Gasteiger charge is -2.30. The highest BCUT2D eigenvalue weighted by Crippen LogP contribution is 2.33. The van der Waals surface area contributed by atoms with Crippen LogP contribution >= 0.6 is 11.8 Å². The third-order valence-corrected chi connectivity index (χ3v) is 5.87. The van der Waals surface area contributed by atoms with E-state index in [1.54, 1.807) is 7.11 Å². The van der Waals surface area contributed by atoms with Crippen LogP contribution < -0.4 is 10.1 Å². The Bertz CT molecular complexity index is 588. The quantitative estimate of drug-likeness (QED) is 0.812. The smallest absolute Gasteiger partial charge is 0.133 e. The minimum absolute atomic E-state index is 0.267. The van der Waals surface area contributed by atoms with E-state index in [0.717, 1.165) is 41.7 Å². The van der Waals surface area contributed by atoms with E-state index >= 15 is 0 Å². The number of rotatable bonds is 7. The van der Waals surface area contributed by atoms with Crippen LogP contribution in [0.3, 0.4) is 0 Å². The molecule has 1 N–H and O–H groups in total. The zero-order chi connectivity index (χ0) is 15.3. The molecule has 0 bridgehead atoms. The number of hydrogen-bond acceptors (Lipinski definition) is 4. The molecule has 0 saturated carbocycles. The summed E-state index contributed by atoms with van der Waals surface area (Å²) >= 11 is 1.93. The highest BCUT2D eigenvalue weighted by molar-refractivity contribution is 8.00. The molecule has 1 aromatic heterocycles. The van der Waals surface area contributed by atoms with E-state index in [1.165, 1.54) is 0 Å². The molecule has 0 atom stereocenters. The van der Waals surface area contributed by atoms with Gasteiger partial charge in [0, 0.05) is 28.3 Å². The molecule has 2 aromatic rings. The maximum Gasteiger partial charge on any atom is 0.133 e. The van der Waals surface area contributed by atoms with Gasteiger partial charge in [0.05, 0.1) is 7.11 Å². The third kappa shape index (κ3) is 3.26. The van der Waals surface area contributed by atoms with Gasteiger partial charge in [-0.2, -0.15) is 11.8 Å². The van der Waals surface area contributed by atoms with Gasteiger partial charge in [0.2, 0.25) is 0 Å². The molecule has 114 valence electrons. The average molecular weight is 304 g/mol. The normalized spacial score (nSPS) is 11.6. The molecule has 0 radical (unpaired) electrons. The molecule has 0 fully saturated rings. The molecule has 4 heteroatoms. The molecule has 0 amide bonds. The number of ether oxygens (including phenoxy) is 1. The fourth-order valence-electron chi connectivity index (χ4n) is 2.60. The Balaban J connectivity index is 2.31. The number of fused-ring (bicyclic) bond motifs is 1. The topological polar surface area (TPSA) is 34.2 Å². The van der Waals surface area contributed by atoms with Gasteiger partial charge < -0.3 is 10.1 Å². The Morgan fingerprint density at radius 2 is 1.95 bits per heavy atom. The van der Waals surface area contributed by atoms with Gasteiger partial charge in [0.15, 0.2) is 0 Å². The van der Waals surface area contributed by atoms with Crippen LogP contribution in [0.5, 0.6) is 5.75 Å². The number of benzene rings is 1. The van der Waals surface area contributed by atoms with Crippen molar-refractivity contribution in [2.24, 2.45) is 0 Å². The predicted molar refractivity (Wildman–Crippen MR) is 93.6 cm³/mol. The zero-order valence-electron chi connectivity index (χ0n) is 13.3. The minimum atomic E-state index is 0.267. The molecule has 0 aliphatic heterocycles. The van der Waals surface area contributed by atoms with Gasteiger partial charge in [-0.1, -0.05) is 26.0 Å². The molecule has 1 heterocycles. The Kier molecular flexibility index (Phi) is 5.34. The molecule has 1 aromatic carbocycles. The van der Waals surface area contributed by atoms with Crippen LogP contribution in [-0.2, 0) is 0 Å². The lowest BCUT2D eigenvalue weighted by molar-refractivity contribution is 0.420. The summed E-state index contributed by atoms with van der Waals surface area (Å²) in [7, 11) is 1.70. The molecule has 0 aliphatic carbocycles. The lowest BCUT2D eigenvalue weighted by atomic mass is 10.0. The van der Waals surface area contributed by atoms with Gasteiger partial charge >= 0.3 is 0 Å². The SMILES string of the molecule is CCC(CC)(CNc1nccc2c(OC)cccc12)SC. The maximum atomic E-state index is 5.43. The average Bonchev–Trinajstić information content (AvgIpc) is 2.56. The summed E-state index contributed by atoms with van der Waals surface area (Å²) < 4.78 is 5.70. The number of nitrogens with one attached hydrogen (secondary N) is 1. The van der Waals surface area contributed by atoms with Crippen LogP contribution in [0.1, 0.15) is 26.7 Å². The van der Waals surface area contributed by atoms with Gasteiger partial charge in [0.1, 0.15) is 11.6 Å². The first-order valence-electron chi connectivity index (χ1n) is 7.40. The van der Waals surface area contributed by atoms with Crippen molar-refractivity contribution in [3.8, 4) is 5.75 Å². The van der Waals surface area contributed by atoms with Gasteiger partial charge in [-0.3, -0.25) is 0 Å². The van der Waals surface area contributed by atoms with Gasteiger partial charge in [-0.25, -0.2) is 4.98 Å². The largest absolute Gasteiger partial charge is 0.496 e. The number of hydrogen-bond donors (Lipinski definition) is 1. The number of methoxy groups -OCH3 is 1. The van der Waals surface area contributed by atoms with Crippen molar-refractivity contribution in [1.82, 2.24) is 4.98 Å². The maximum absolute atomic E-state index is 5.43. The Morgan fingerprint density at radius 3 is 2.57 bits per heavy atom. The first kappa shape index (κ1) is 16.0. The first-order valence-corrected chi connectivity index (χ1v) is 8.63. The highest BCUT2D eigenvalue weighted by atomic mass is 32.2. The van der Waals surface area contributed by atoms with E-state index in [2.05, 4.69) is 36.5 Å². The second-order valence-electron chi connectivity index (χ2n) is 5.16. The fraction of sp³-hybridized carbons (Fsp3) is 0.471. The van der Waals surface area contributed by atoms with Crippen molar-refractivity contribution in [2.45, 2.75) is 31.4 Å². The predicted octanol–water partition coefficient (Wildman–Crippen LogP) is 4.58. The van der Waals surface area contributed by atoms with Crippen LogP contribution in [0.2, 0.25) is 0 Å². The molecule has 0 aliphatic rings. The van der Waals surface area contributed by atoms with Gasteiger partial charge in [0.25, 0.3) is 0 Å². The van der Waals surface area contributed by atoms with Crippen LogP contribution in [0, 0.1) is 0 Å². The van der Waals surface area contributed by atoms with E-state index in [0.29, 0.717) is 0 Å². The summed E-state index contributed by atoms with van der Waals surface area (Å²) in [4.78, 5) is 4.51. The van der Waals surface area contributed by atoms with Crippen molar-refractivity contribution in [2.75, 3.05) is 25.2 Å². The molecule has 0 unspecified atom stereocenters. The van der Waals surface area contributed by atoms with E-state index in [-0.39, 0.29) is 4.75 Å². The molecule has 21 heavy (non-hydrogen) atoms. The van der Waals surface area contributed by atoms with Crippen LogP contribution in [0.15, 0.2) is 30.5 Å². The van der Waals surface area contributed by atoms with E-state index < -0.39 is 0 Å². The van der Waals surface area contributed by atoms with Crippen LogP contribution in [-0.4, -0.2) is 29.6 Å². The van der Waals surface area contributed by atoms with Crippen molar-refractivity contribution in [1.29, 1.82) is 0 Å². The standard InChI is InChI=1S/C17H24N2OS/c1-5-17(6-2,21-4)12-19-16-14-8-7-9-15(20-3)13(14)10-11-18-16/h7-11H,5-6,12H2,1-4H3,(H,18,19). The molecular formula is C17H24N2OS. The zero-order valence-corrected chi connectivity index (χ0v) is 14.1. The summed E-state index contributed by atoms with van der Waals surface area (Å²) in [5, 5.41) is 5.75. The lowest BCUT2D eigenvalue weighted by Crippen LogP contribution is -2.32. The summed E-state index contributed by atoms with van der Waals surface area (Å²) in [5.74, 6) is 1.83. The molecular weight excluding hydrogens is 280 g/mol. The summed E-state index contributed by atoms with van der Waals surface area (Å²) in [6.45, 7) is 5.42. The Labute approximate surface area is 131 Å². The molecule has 0 spiro atoms. The third-order valence-electron chi connectivity index (χ3n) is 4.29. The summed E-state index contributed by atoms with van der Waals surface area (Å²) in [6, 6.07) is 8.08. The van der Waals surface area contributed by atoms with Crippen LogP contribution in [0.25, 0.3) is 10.8 Å². The Morgan fingerprint density at radius 1 is 1.19 bits per heavy atom. The molecule has 2 rings (SSSR count). The summed E-state index contributed by atoms with van der Waals surface area (Å²) in [5.41, 5.74) is 0. The van der Waals surface area contributed by atoms with Crippen LogP contribution in [0.4, 0.5) is 5.82 Å². The highest BCUT2D eigenvalue weighted by Gasteiger charge is 2.24. The van der Waals surface area contributed by atoms with Crippen molar-refractivity contribution >= 4 is 28.4 Å². The molecule has 0 saturated heterocycles. The Hall–Kier alpha value is -1.42. The molecule has 3 nitrogen and oxygen atoms in total. The fourth-order valence-corrected chi connectivity index (χ4v) is 3.40. The van der Waals surface area contributed by atoms with E-state index in [9.17, 15) is 0 Å². The van der Waals surface area contributed by atoms with Gasteiger partial charge in [-0.05, 0) is 31.2 Å². The second-order valence-corrected chi connectivity index (χ2v) is 6.44. The number of nitrogens with zero attached hydrogens (tertiary/aromatic N) is 1. The monoisotopic (exact) mass is 304 g/mol. The van der Waals surface area contributed by atoms with E-state index in [4.69, 9.17) is 4.74 Å². The van der Waals surface area contributed by atoms with Crippen molar-refractivity contribution < 1.29 is 4.74 Å². The van der Waals surface area contributed by atoms with E-state index in [1.807, 2.05) is 36.2 Å². The second kappa shape index (κ2) is 7.03. The number of aromatic nitrogens is 1. The van der Waals surface area contributed by atoms with Crippen molar-refractivity contribution in [3.63, 3.8) is 0 Å². The number of pyridine rings is 1. The number of thioether (sulfide) groups is 1. The van der Waals surface area contributed by atoms with Crippen molar-refractivity contribution in [3.05, 3.63) is 30.5 Å². The summed E-state index contributed by atoms with van der Waals surface area (Å²) in [6.07, 6.45) is 6.32. The van der Waals surface area contributed by atoms with Gasteiger partial charge in [-0.15, -0.1) is 0 Å².